The van der Waals surface area contributed by atoms with Gasteiger partial charge in [-0.15, -0.1) is 0 Å². The summed E-state index contributed by atoms with van der Waals surface area (Å²) in [6, 6.07) is 2.58. The summed E-state index contributed by atoms with van der Waals surface area (Å²) < 4.78 is 0. The lowest BCUT2D eigenvalue weighted by Crippen LogP contribution is -2.30. The molecule has 0 fully saturated rings. The Morgan fingerprint density at radius 1 is 1.36 bits per heavy atom. The molecule has 4 nitrogen and oxygen atoms in total. The Morgan fingerprint density at radius 2 is 2.09 bits per heavy atom. The smallest absolute Gasteiger partial charge is 0.0892 e. The summed E-state index contributed by atoms with van der Waals surface area (Å²) in [5.41, 5.74) is 10.7. The van der Waals surface area contributed by atoms with E-state index >= 15 is 0 Å². The standard InChI is InChI=1S/C7H16N4/c1-2-10-6-11-5-3-4-7(8)9/h7H,2-5,8-9H2,1H3. The summed E-state index contributed by atoms with van der Waals surface area (Å²) in [7, 11) is 0. The quantitative estimate of drug-likeness (QED) is 0.339. The van der Waals surface area contributed by atoms with Crippen molar-refractivity contribution in [1.29, 1.82) is 0 Å². The van der Waals surface area contributed by atoms with E-state index in [2.05, 4.69) is 16.0 Å². The molecule has 0 amide bonds. The third-order valence-electron chi connectivity index (χ3n) is 1.11. The molecule has 0 spiro atoms. The third-order valence-corrected chi connectivity index (χ3v) is 1.11. The molecular formula is C7H16N4. The van der Waals surface area contributed by atoms with Gasteiger partial charge in [-0.05, 0) is 19.8 Å². The Morgan fingerprint density at radius 3 is 2.64 bits per heavy atom. The summed E-state index contributed by atoms with van der Waals surface area (Å²) >= 11 is 0. The molecule has 0 radical (unpaired) electrons. The number of hydrogen-bond acceptors (Lipinski definition) is 4. The fourth-order valence-electron chi connectivity index (χ4n) is 0.577. The first-order valence-electron chi connectivity index (χ1n) is 3.86. The Balaban J connectivity index is 3.20. The highest BCUT2D eigenvalue weighted by Crippen LogP contribution is 1.88. The maximum absolute atomic E-state index is 5.33. The van der Waals surface area contributed by atoms with Gasteiger partial charge >= 0.3 is 0 Å². The third kappa shape index (κ3) is 9.30. The Hall–Kier alpha value is -0.700. The summed E-state index contributed by atoms with van der Waals surface area (Å²) in [5.74, 6) is 0. The molecule has 0 unspecified atom stereocenters. The van der Waals surface area contributed by atoms with E-state index in [-0.39, 0.29) is 6.17 Å². The van der Waals surface area contributed by atoms with Gasteiger partial charge in [0, 0.05) is 6.54 Å². The van der Waals surface area contributed by atoms with Crippen LogP contribution in [0.1, 0.15) is 19.8 Å². The van der Waals surface area contributed by atoms with Crippen LogP contribution in [0.5, 0.6) is 0 Å². The van der Waals surface area contributed by atoms with Crippen LogP contribution in [0.4, 0.5) is 0 Å². The lowest BCUT2D eigenvalue weighted by Gasteiger charge is -2.00. The van der Waals surface area contributed by atoms with Gasteiger partial charge in [-0.25, -0.2) is 9.98 Å². The van der Waals surface area contributed by atoms with Crippen molar-refractivity contribution in [3.05, 3.63) is 0 Å². The van der Waals surface area contributed by atoms with E-state index in [0.717, 1.165) is 19.4 Å². The number of hydrogen-bond donors (Lipinski definition) is 2. The molecular weight excluding hydrogens is 140 g/mol. The van der Waals surface area contributed by atoms with Crippen molar-refractivity contribution in [2.24, 2.45) is 21.5 Å². The zero-order chi connectivity index (χ0) is 8.53. The van der Waals surface area contributed by atoms with Gasteiger partial charge in [-0.3, -0.25) is 0 Å². The predicted molar refractivity (Wildman–Crippen MR) is 46.7 cm³/mol. The van der Waals surface area contributed by atoms with Crippen molar-refractivity contribution in [3.63, 3.8) is 0 Å². The first-order valence-corrected chi connectivity index (χ1v) is 3.86. The van der Waals surface area contributed by atoms with E-state index in [1.54, 1.807) is 0 Å². The number of nitrogens with two attached hydrogens (primary N) is 2. The molecule has 64 valence electrons. The fraction of sp³-hybridized carbons (Fsp3) is 0.857. The van der Waals surface area contributed by atoms with Crippen LogP contribution in [0, 0.1) is 0 Å². The molecule has 0 heterocycles. The minimum Gasteiger partial charge on any atom is -0.316 e. The van der Waals surface area contributed by atoms with Gasteiger partial charge in [0.1, 0.15) is 0 Å². The van der Waals surface area contributed by atoms with Gasteiger partial charge in [0.25, 0.3) is 0 Å². The summed E-state index contributed by atoms with van der Waals surface area (Å²) in [5, 5.41) is 0. The maximum Gasteiger partial charge on any atom is 0.0892 e. The molecule has 0 aromatic rings. The molecule has 0 rings (SSSR count). The van der Waals surface area contributed by atoms with Crippen molar-refractivity contribution in [2.75, 3.05) is 13.1 Å². The van der Waals surface area contributed by atoms with E-state index in [1.165, 1.54) is 0 Å². The average molecular weight is 156 g/mol. The topological polar surface area (TPSA) is 76.8 Å². The number of aliphatic imine (C=N–C) groups is 2. The van der Waals surface area contributed by atoms with Gasteiger partial charge in [-0.1, -0.05) is 0 Å². The van der Waals surface area contributed by atoms with Crippen LogP contribution in [-0.4, -0.2) is 25.3 Å². The maximum atomic E-state index is 5.33. The molecule has 0 saturated heterocycles. The summed E-state index contributed by atoms with van der Waals surface area (Å²) in [6.07, 6.45) is 1.50. The van der Waals surface area contributed by atoms with Crippen LogP contribution in [0.25, 0.3) is 0 Å². The van der Waals surface area contributed by atoms with Crippen molar-refractivity contribution < 1.29 is 0 Å². The van der Waals surface area contributed by atoms with E-state index in [1.807, 2.05) is 6.92 Å². The van der Waals surface area contributed by atoms with Gasteiger partial charge in [0.05, 0.1) is 18.7 Å². The lowest BCUT2D eigenvalue weighted by molar-refractivity contribution is 0.609. The molecule has 4 N–H and O–H groups in total. The van der Waals surface area contributed by atoms with E-state index in [4.69, 9.17) is 11.5 Å². The van der Waals surface area contributed by atoms with Crippen molar-refractivity contribution >= 4 is 6.01 Å². The zero-order valence-corrected chi connectivity index (χ0v) is 6.95. The molecule has 0 aliphatic carbocycles. The lowest BCUT2D eigenvalue weighted by atomic mass is 10.3. The second kappa shape index (κ2) is 7.41. The van der Waals surface area contributed by atoms with E-state index < -0.39 is 0 Å². The van der Waals surface area contributed by atoms with Gasteiger partial charge in [0.2, 0.25) is 0 Å². The van der Waals surface area contributed by atoms with Crippen LogP contribution >= 0.6 is 0 Å². The van der Waals surface area contributed by atoms with Crippen LogP contribution in [0.15, 0.2) is 9.98 Å². The molecule has 0 aromatic carbocycles. The molecule has 0 bridgehead atoms. The molecule has 4 heteroatoms. The highest BCUT2D eigenvalue weighted by atomic mass is 14.8. The number of rotatable bonds is 5. The minimum atomic E-state index is -0.215. The Labute approximate surface area is 67.4 Å². The average Bonchev–Trinajstić information content (AvgIpc) is 1.96. The second-order valence-electron chi connectivity index (χ2n) is 2.26. The molecule has 11 heavy (non-hydrogen) atoms. The molecule has 0 atom stereocenters. The van der Waals surface area contributed by atoms with Crippen molar-refractivity contribution in [2.45, 2.75) is 25.9 Å². The first kappa shape index (κ1) is 10.3. The first-order chi connectivity index (χ1) is 5.27. The predicted octanol–water partition coefficient (Wildman–Crippen LogP) is 0.204. The molecule has 0 aliphatic heterocycles. The van der Waals surface area contributed by atoms with Gasteiger partial charge in [0.15, 0.2) is 0 Å². The number of nitrogens with zero attached hydrogens (tertiary/aromatic N) is 2. The van der Waals surface area contributed by atoms with Crippen LogP contribution in [0.3, 0.4) is 0 Å². The fourth-order valence-corrected chi connectivity index (χ4v) is 0.577. The van der Waals surface area contributed by atoms with E-state index in [9.17, 15) is 0 Å². The van der Waals surface area contributed by atoms with Crippen molar-refractivity contribution in [1.82, 2.24) is 0 Å². The molecule has 0 saturated carbocycles. The zero-order valence-electron chi connectivity index (χ0n) is 6.95. The van der Waals surface area contributed by atoms with E-state index in [0.29, 0.717) is 6.54 Å². The minimum absolute atomic E-state index is 0.215. The Bertz CT molecular complexity index is 135. The summed E-state index contributed by atoms with van der Waals surface area (Å²) in [6.45, 7) is 3.40. The largest absolute Gasteiger partial charge is 0.316 e. The Kier molecular flexibility index (Phi) is 6.94. The van der Waals surface area contributed by atoms with Crippen molar-refractivity contribution in [3.8, 4) is 0 Å². The molecule has 0 aromatic heterocycles. The summed E-state index contributed by atoms with van der Waals surface area (Å²) in [4.78, 5) is 7.71. The highest BCUT2D eigenvalue weighted by Gasteiger charge is 1.90. The van der Waals surface area contributed by atoms with Crippen LogP contribution in [-0.2, 0) is 0 Å². The highest BCUT2D eigenvalue weighted by molar-refractivity contribution is 5.40. The molecule has 0 aliphatic rings. The SMILES string of the molecule is CCN=C=NCCCC(N)N. The normalized spacial score (nSPS) is 9.45. The van der Waals surface area contributed by atoms with Crippen LogP contribution < -0.4 is 11.5 Å². The second-order valence-corrected chi connectivity index (χ2v) is 2.26. The van der Waals surface area contributed by atoms with Gasteiger partial charge < -0.3 is 11.5 Å². The van der Waals surface area contributed by atoms with Gasteiger partial charge in [-0.2, -0.15) is 0 Å². The monoisotopic (exact) mass is 156 g/mol. The van der Waals surface area contributed by atoms with Crippen LogP contribution in [0.2, 0.25) is 0 Å².